The Labute approximate surface area is 112 Å². The van der Waals surface area contributed by atoms with Crippen LogP contribution in [0.4, 0.5) is 0 Å². The lowest BCUT2D eigenvalue weighted by atomic mass is 10.2. The summed E-state index contributed by atoms with van der Waals surface area (Å²) in [5.41, 5.74) is 0.561. The molecule has 94 valence electrons. The normalized spacial score (nSPS) is 10.6. The SMILES string of the molecule is CCc1nsc(Sc2ncc(C(=O)O)c(C)n2)n1. The van der Waals surface area contributed by atoms with Gasteiger partial charge in [-0.25, -0.2) is 19.7 Å². The summed E-state index contributed by atoms with van der Waals surface area (Å²) in [5, 5.41) is 9.36. The molecule has 2 aromatic heterocycles. The molecule has 8 heteroatoms. The predicted molar refractivity (Wildman–Crippen MR) is 67.1 cm³/mol. The minimum Gasteiger partial charge on any atom is -0.478 e. The van der Waals surface area contributed by atoms with Crippen LogP contribution in [0.5, 0.6) is 0 Å². The number of carbonyl (C=O) groups is 1. The van der Waals surface area contributed by atoms with E-state index in [0.717, 1.165) is 16.6 Å². The smallest absolute Gasteiger partial charge is 0.339 e. The molecule has 0 saturated heterocycles. The van der Waals surface area contributed by atoms with E-state index in [4.69, 9.17) is 5.11 Å². The van der Waals surface area contributed by atoms with Crippen LogP contribution in [0.25, 0.3) is 0 Å². The first-order chi connectivity index (χ1) is 8.60. The zero-order valence-corrected chi connectivity index (χ0v) is 11.4. The molecular weight excluding hydrogens is 272 g/mol. The lowest BCUT2D eigenvalue weighted by molar-refractivity contribution is 0.0695. The van der Waals surface area contributed by atoms with Gasteiger partial charge in [0.05, 0.1) is 11.3 Å². The Balaban J connectivity index is 2.19. The number of nitrogens with zero attached hydrogens (tertiary/aromatic N) is 4. The van der Waals surface area contributed by atoms with Gasteiger partial charge in [-0.2, -0.15) is 4.37 Å². The van der Waals surface area contributed by atoms with Crippen molar-refractivity contribution in [2.75, 3.05) is 0 Å². The van der Waals surface area contributed by atoms with Gasteiger partial charge in [-0.05, 0) is 30.2 Å². The number of rotatable bonds is 4. The maximum atomic E-state index is 10.8. The predicted octanol–water partition coefficient (Wildman–Crippen LogP) is 2.05. The highest BCUT2D eigenvalue weighted by Gasteiger charge is 2.12. The van der Waals surface area contributed by atoms with Crippen LogP contribution in [0.15, 0.2) is 15.7 Å². The third-order valence-electron chi connectivity index (χ3n) is 2.13. The number of carboxylic acid groups (broad SMARTS) is 1. The molecular formula is C10H10N4O2S2. The van der Waals surface area contributed by atoms with Crippen molar-refractivity contribution in [2.24, 2.45) is 0 Å². The van der Waals surface area contributed by atoms with Crippen molar-refractivity contribution in [3.05, 3.63) is 23.3 Å². The third-order valence-corrected chi connectivity index (χ3v) is 3.80. The van der Waals surface area contributed by atoms with E-state index in [0.29, 0.717) is 10.9 Å². The molecule has 0 aliphatic rings. The summed E-state index contributed by atoms with van der Waals surface area (Å²) >= 11 is 2.58. The summed E-state index contributed by atoms with van der Waals surface area (Å²) in [4.78, 5) is 23.2. The molecule has 2 heterocycles. The highest BCUT2D eigenvalue weighted by Crippen LogP contribution is 2.26. The van der Waals surface area contributed by atoms with Crippen LogP contribution < -0.4 is 0 Å². The molecule has 0 unspecified atom stereocenters. The third kappa shape index (κ3) is 2.82. The minimum absolute atomic E-state index is 0.117. The Morgan fingerprint density at radius 3 is 2.83 bits per heavy atom. The molecule has 0 aromatic carbocycles. The molecule has 0 fully saturated rings. The molecule has 2 aromatic rings. The summed E-state index contributed by atoms with van der Waals surface area (Å²) in [7, 11) is 0. The first-order valence-electron chi connectivity index (χ1n) is 5.17. The average molecular weight is 282 g/mol. The second-order valence-electron chi connectivity index (χ2n) is 3.39. The molecule has 0 aliphatic heterocycles. The molecule has 6 nitrogen and oxygen atoms in total. The number of hydrogen-bond acceptors (Lipinski definition) is 7. The van der Waals surface area contributed by atoms with Crippen LogP contribution in [0, 0.1) is 6.92 Å². The van der Waals surface area contributed by atoms with Crippen LogP contribution >= 0.6 is 23.3 Å². The van der Waals surface area contributed by atoms with Gasteiger partial charge in [0.1, 0.15) is 5.82 Å². The molecule has 0 saturated carbocycles. The first kappa shape index (κ1) is 12.9. The standard InChI is InChI=1S/C10H10N4O2S2/c1-3-7-13-10(18-14-7)17-9-11-4-6(8(15)16)5(2)12-9/h4H,3H2,1-2H3,(H,15,16). The lowest BCUT2D eigenvalue weighted by Gasteiger charge is -2.00. The molecule has 0 spiro atoms. The van der Waals surface area contributed by atoms with Gasteiger partial charge in [0.2, 0.25) is 0 Å². The number of hydrogen-bond donors (Lipinski definition) is 1. The summed E-state index contributed by atoms with van der Waals surface area (Å²) in [6, 6.07) is 0. The van der Waals surface area contributed by atoms with E-state index in [1.54, 1.807) is 6.92 Å². The number of aryl methyl sites for hydroxylation is 2. The Morgan fingerprint density at radius 2 is 2.28 bits per heavy atom. The minimum atomic E-state index is -1.02. The van der Waals surface area contributed by atoms with Crippen LogP contribution in [-0.2, 0) is 6.42 Å². The fourth-order valence-corrected chi connectivity index (χ4v) is 2.79. The van der Waals surface area contributed by atoms with Gasteiger partial charge in [0.15, 0.2) is 9.50 Å². The van der Waals surface area contributed by atoms with Gasteiger partial charge >= 0.3 is 5.97 Å². The average Bonchev–Trinajstić information content (AvgIpc) is 2.76. The first-order valence-corrected chi connectivity index (χ1v) is 6.76. The Bertz CT molecular complexity index is 585. The van der Waals surface area contributed by atoms with Gasteiger partial charge in [0.25, 0.3) is 0 Å². The molecule has 1 N–H and O–H groups in total. The van der Waals surface area contributed by atoms with Crippen molar-refractivity contribution < 1.29 is 9.90 Å². The van der Waals surface area contributed by atoms with E-state index >= 15 is 0 Å². The van der Waals surface area contributed by atoms with Crippen LogP contribution in [0.2, 0.25) is 0 Å². The summed E-state index contributed by atoms with van der Waals surface area (Å²) in [6.07, 6.45) is 2.10. The summed E-state index contributed by atoms with van der Waals surface area (Å²) < 4.78 is 4.92. The maximum Gasteiger partial charge on any atom is 0.339 e. The molecule has 0 radical (unpaired) electrons. The fourth-order valence-electron chi connectivity index (χ4n) is 1.21. The maximum absolute atomic E-state index is 10.8. The van der Waals surface area contributed by atoms with E-state index in [1.165, 1.54) is 29.5 Å². The number of aromatic nitrogens is 4. The zero-order valence-electron chi connectivity index (χ0n) is 9.75. The molecule has 0 amide bonds. The largest absolute Gasteiger partial charge is 0.478 e. The summed E-state index contributed by atoms with van der Waals surface area (Å²) in [6.45, 7) is 3.63. The second-order valence-corrected chi connectivity index (χ2v) is 5.36. The highest BCUT2D eigenvalue weighted by molar-refractivity contribution is 8.00. The van der Waals surface area contributed by atoms with Gasteiger partial charge < -0.3 is 5.11 Å². The molecule has 18 heavy (non-hydrogen) atoms. The van der Waals surface area contributed by atoms with Gasteiger partial charge in [-0.3, -0.25) is 0 Å². The molecule has 0 atom stereocenters. The molecule has 2 rings (SSSR count). The van der Waals surface area contributed by atoms with Gasteiger partial charge in [-0.1, -0.05) is 6.92 Å². The zero-order chi connectivity index (χ0) is 13.1. The monoisotopic (exact) mass is 282 g/mol. The van der Waals surface area contributed by atoms with Crippen LogP contribution in [-0.4, -0.2) is 30.4 Å². The molecule has 0 aliphatic carbocycles. The Hall–Kier alpha value is -1.54. The van der Waals surface area contributed by atoms with Crippen LogP contribution in [0.1, 0.15) is 28.8 Å². The number of carboxylic acids is 1. The quantitative estimate of drug-likeness (QED) is 0.858. The molecule has 0 bridgehead atoms. The van der Waals surface area contributed by atoms with Gasteiger partial charge in [-0.15, -0.1) is 0 Å². The highest BCUT2D eigenvalue weighted by atomic mass is 32.2. The fraction of sp³-hybridized carbons (Fsp3) is 0.300. The number of aromatic carboxylic acids is 1. The van der Waals surface area contributed by atoms with E-state index in [1.807, 2.05) is 6.92 Å². The van der Waals surface area contributed by atoms with Crippen molar-refractivity contribution in [3.63, 3.8) is 0 Å². The van der Waals surface area contributed by atoms with Gasteiger partial charge in [0, 0.05) is 12.6 Å². The topological polar surface area (TPSA) is 88.9 Å². The van der Waals surface area contributed by atoms with E-state index in [9.17, 15) is 4.79 Å². The van der Waals surface area contributed by atoms with E-state index < -0.39 is 5.97 Å². The van der Waals surface area contributed by atoms with Crippen LogP contribution in [0.3, 0.4) is 0 Å². The van der Waals surface area contributed by atoms with Crippen molar-refractivity contribution in [1.29, 1.82) is 0 Å². The Morgan fingerprint density at radius 1 is 1.50 bits per heavy atom. The van der Waals surface area contributed by atoms with E-state index in [2.05, 4.69) is 19.3 Å². The summed E-state index contributed by atoms with van der Waals surface area (Å²) in [5.74, 6) is -0.227. The second kappa shape index (κ2) is 5.40. The Kier molecular flexibility index (Phi) is 3.87. The van der Waals surface area contributed by atoms with Crippen molar-refractivity contribution >= 4 is 29.3 Å². The van der Waals surface area contributed by atoms with Crippen molar-refractivity contribution in [3.8, 4) is 0 Å². The van der Waals surface area contributed by atoms with E-state index in [-0.39, 0.29) is 5.56 Å². The van der Waals surface area contributed by atoms with Crippen molar-refractivity contribution in [1.82, 2.24) is 19.3 Å². The van der Waals surface area contributed by atoms with Crippen molar-refractivity contribution in [2.45, 2.75) is 29.8 Å². The lowest BCUT2D eigenvalue weighted by Crippen LogP contribution is -2.03.